The summed E-state index contributed by atoms with van der Waals surface area (Å²) in [5.74, 6) is -1.35. The number of hydrogen-bond donors (Lipinski definition) is 4. The lowest BCUT2D eigenvalue weighted by Gasteiger charge is -2.10. The van der Waals surface area contributed by atoms with Crippen molar-refractivity contribution in [3.05, 3.63) is 72.1 Å². The van der Waals surface area contributed by atoms with E-state index in [9.17, 15) is 13.6 Å². The molecule has 0 spiro atoms. The molecule has 0 aliphatic rings. The quantitative estimate of drug-likeness (QED) is 0.566. The molecule has 2 aromatic carbocycles. The summed E-state index contributed by atoms with van der Waals surface area (Å²) in [6, 6.07) is 9.33. The van der Waals surface area contributed by atoms with Crippen LogP contribution in [0, 0.1) is 11.6 Å². The van der Waals surface area contributed by atoms with Gasteiger partial charge in [0.1, 0.15) is 11.6 Å². The maximum Gasteiger partial charge on any atom is 0.323 e. The molecular formula is C17H15F2N5O. The van der Waals surface area contributed by atoms with Crippen LogP contribution in [-0.2, 0) is 6.54 Å². The van der Waals surface area contributed by atoms with Crippen molar-refractivity contribution >= 4 is 23.1 Å². The fourth-order valence-electron chi connectivity index (χ4n) is 2.19. The lowest BCUT2D eigenvalue weighted by molar-refractivity contribution is 0.262. The van der Waals surface area contributed by atoms with Crippen LogP contribution in [-0.4, -0.2) is 16.2 Å². The Balaban J connectivity index is 1.61. The summed E-state index contributed by atoms with van der Waals surface area (Å²) in [5.41, 5.74) is 2.07. The lowest BCUT2D eigenvalue weighted by atomic mass is 10.2. The van der Waals surface area contributed by atoms with Crippen LogP contribution in [0.5, 0.6) is 0 Å². The Bertz CT molecular complexity index is 867. The van der Waals surface area contributed by atoms with Crippen molar-refractivity contribution in [2.24, 2.45) is 0 Å². The fourth-order valence-corrected chi connectivity index (χ4v) is 2.19. The predicted octanol–water partition coefficient (Wildman–Crippen LogP) is 3.94. The molecule has 1 aromatic heterocycles. The Labute approximate surface area is 142 Å². The average molecular weight is 343 g/mol. The number of carbonyl (C=O) groups excluding carboxylic acids is 1. The van der Waals surface area contributed by atoms with Crippen molar-refractivity contribution in [3.8, 4) is 0 Å². The summed E-state index contributed by atoms with van der Waals surface area (Å²) in [5, 5.41) is 14.6. The fraction of sp³-hybridized carbons (Fsp3) is 0.0588. The molecule has 0 radical (unpaired) electrons. The highest BCUT2D eigenvalue weighted by Gasteiger charge is 2.08. The summed E-state index contributed by atoms with van der Waals surface area (Å²) >= 11 is 0. The van der Waals surface area contributed by atoms with Gasteiger partial charge in [-0.15, -0.1) is 0 Å². The first kappa shape index (κ1) is 16.4. The van der Waals surface area contributed by atoms with E-state index in [0.29, 0.717) is 12.2 Å². The van der Waals surface area contributed by atoms with Crippen molar-refractivity contribution in [2.75, 3.05) is 16.0 Å². The van der Waals surface area contributed by atoms with Gasteiger partial charge in [0.2, 0.25) is 0 Å². The van der Waals surface area contributed by atoms with E-state index < -0.39 is 17.7 Å². The van der Waals surface area contributed by atoms with Crippen LogP contribution < -0.4 is 16.0 Å². The van der Waals surface area contributed by atoms with Crippen molar-refractivity contribution in [1.82, 2.24) is 10.2 Å². The van der Waals surface area contributed by atoms with Gasteiger partial charge in [-0.05, 0) is 29.8 Å². The number of aromatic nitrogens is 2. The highest BCUT2D eigenvalue weighted by atomic mass is 19.1. The Morgan fingerprint density at radius 1 is 1.08 bits per heavy atom. The van der Waals surface area contributed by atoms with E-state index in [1.165, 1.54) is 0 Å². The van der Waals surface area contributed by atoms with Gasteiger partial charge in [-0.3, -0.25) is 5.10 Å². The molecule has 3 rings (SSSR count). The van der Waals surface area contributed by atoms with Gasteiger partial charge in [0.25, 0.3) is 0 Å². The van der Waals surface area contributed by atoms with E-state index in [4.69, 9.17) is 0 Å². The number of H-pyrrole nitrogens is 1. The topological polar surface area (TPSA) is 81.8 Å². The number of amides is 2. The molecule has 0 atom stereocenters. The van der Waals surface area contributed by atoms with Crippen LogP contribution in [0.4, 0.5) is 30.6 Å². The van der Waals surface area contributed by atoms with E-state index in [-0.39, 0.29) is 5.69 Å². The largest absolute Gasteiger partial charge is 0.378 e. The van der Waals surface area contributed by atoms with Crippen LogP contribution in [0.3, 0.4) is 0 Å². The summed E-state index contributed by atoms with van der Waals surface area (Å²) in [6.07, 6.45) is 3.38. The van der Waals surface area contributed by atoms with E-state index in [1.807, 2.05) is 6.07 Å². The number of carbonyl (C=O) groups is 1. The second-order valence-corrected chi connectivity index (χ2v) is 5.24. The van der Waals surface area contributed by atoms with Crippen LogP contribution in [0.1, 0.15) is 5.56 Å². The molecule has 3 aromatic rings. The number of hydrogen-bond acceptors (Lipinski definition) is 3. The first-order valence-corrected chi connectivity index (χ1v) is 7.45. The average Bonchev–Trinajstić information content (AvgIpc) is 3.10. The van der Waals surface area contributed by atoms with E-state index >= 15 is 0 Å². The number of halogens is 2. The highest BCUT2D eigenvalue weighted by molar-refractivity contribution is 5.99. The molecule has 0 saturated carbocycles. The molecule has 8 heteroatoms. The van der Waals surface area contributed by atoms with Gasteiger partial charge in [-0.2, -0.15) is 5.10 Å². The van der Waals surface area contributed by atoms with Crippen LogP contribution in [0.2, 0.25) is 0 Å². The summed E-state index contributed by atoms with van der Waals surface area (Å²) in [4.78, 5) is 12.0. The third kappa shape index (κ3) is 4.54. The zero-order valence-corrected chi connectivity index (χ0v) is 13.0. The molecular weight excluding hydrogens is 328 g/mol. The van der Waals surface area contributed by atoms with Crippen molar-refractivity contribution in [2.45, 2.75) is 6.54 Å². The standard InChI is InChI=1S/C17H15F2N5O/c18-12-4-5-15(19)16(7-12)24-17(25)23-13-3-1-2-11(6-13)8-20-14-9-21-22-10-14/h1-7,9-10,20H,8H2,(H,21,22)(H2,23,24,25). The summed E-state index contributed by atoms with van der Waals surface area (Å²) < 4.78 is 26.7. The number of aromatic amines is 1. The Kier molecular flexibility index (Phi) is 4.89. The van der Waals surface area contributed by atoms with Gasteiger partial charge in [-0.25, -0.2) is 13.6 Å². The predicted molar refractivity (Wildman–Crippen MR) is 91.4 cm³/mol. The summed E-state index contributed by atoms with van der Waals surface area (Å²) in [6.45, 7) is 0.537. The van der Waals surface area contributed by atoms with Gasteiger partial charge in [0.05, 0.1) is 17.6 Å². The molecule has 0 aliphatic carbocycles. The van der Waals surface area contributed by atoms with Crippen LogP contribution >= 0.6 is 0 Å². The Morgan fingerprint density at radius 2 is 1.96 bits per heavy atom. The van der Waals surface area contributed by atoms with E-state index in [2.05, 4.69) is 26.1 Å². The molecule has 2 amide bonds. The summed E-state index contributed by atoms with van der Waals surface area (Å²) in [7, 11) is 0. The third-order valence-electron chi connectivity index (χ3n) is 3.36. The highest BCUT2D eigenvalue weighted by Crippen LogP contribution is 2.17. The Hall–Kier alpha value is -3.42. The molecule has 1 heterocycles. The monoisotopic (exact) mass is 343 g/mol. The number of nitrogens with zero attached hydrogens (tertiary/aromatic N) is 1. The lowest BCUT2D eigenvalue weighted by Crippen LogP contribution is -2.20. The van der Waals surface area contributed by atoms with Crippen LogP contribution in [0.15, 0.2) is 54.9 Å². The minimum absolute atomic E-state index is 0.227. The number of anilines is 3. The van der Waals surface area contributed by atoms with Gasteiger partial charge in [-0.1, -0.05) is 12.1 Å². The number of rotatable bonds is 5. The molecule has 0 bridgehead atoms. The Morgan fingerprint density at radius 3 is 2.76 bits per heavy atom. The first-order valence-electron chi connectivity index (χ1n) is 7.45. The van der Waals surface area contributed by atoms with Gasteiger partial charge >= 0.3 is 6.03 Å². The molecule has 25 heavy (non-hydrogen) atoms. The molecule has 128 valence electrons. The van der Waals surface area contributed by atoms with Gasteiger partial charge in [0, 0.05) is 24.5 Å². The first-order chi connectivity index (χ1) is 12.1. The third-order valence-corrected chi connectivity index (χ3v) is 3.36. The molecule has 4 N–H and O–H groups in total. The number of nitrogens with one attached hydrogen (secondary N) is 4. The SMILES string of the molecule is O=C(Nc1cccc(CNc2cn[nH]c2)c1)Nc1cc(F)ccc1F. The maximum absolute atomic E-state index is 13.5. The van der Waals surface area contributed by atoms with Crippen molar-refractivity contribution in [1.29, 1.82) is 0 Å². The van der Waals surface area contributed by atoms with Crippen molar-refractivity contribution in [3.63, 3.8) is 0 Å². The minimum Gasteiger partial charge on any atom is -0.378 e. The molecule has 6 nitrogen and oxygen atoms in total. The zero-order valence-electron chi connectivity index (χ0n) is 13.0. The second kappa shape index (κ2) is 7.43. The molecule has 0 fully saturated rings. The molecule has 0 aliphatic heterocycles. The number of benzene rings is 2. The normalized spacial score (nSPS) is 10.3. The molecule has 0 unspecified atom stereocenters. The van der Waals surface area contributed by atoms with E-state index in [0.717, 1.165) is 29.4 Å². The maximum atomic E-state index is 13.5. The van der Waals surface area contributed by atoms with Crippen molar-refractivity contribution < 1.29 is 13.6 Å². The van der Waals surface area contributed by atoms with E-state index in [1.54, 1.807) is 30.6 Å². The smallest absolute Gasteiger partial charge is 0.323 e. The molecule has 0 saturated heterocycles. The minimum atomic E-state index is -0.713. The van der Waals surface area contributed by atoms with Crippen LogP contribution in [0.25, 0.3) is 0 Å². The second-order valence-electron chi connectivity index (χ2n) is 5.24. The van der Waals surface area contributed by atoms with Gasteiger partial charge in [0.15, 0.2) is 0 Å². The van der Waals surface area contributed by atoms with Gasteiger partial charge < -0.3 is 16.0 Å². The number of urea groups is 1. The zero-order chi connectivity index (χ0) is 17.6.